The molecule has 5 N–H and O–H groups in total. The van der Waals surface area contributed by atoms with Crippen LogP contribution in [0.25, 0.3) is 5.57 Å². The average Bonchev–Trinajstić information content (AvgIpc) is 3.86. The quantitative estimate of drug-likeness (QED) is 0.0224. The number of aliphatic imine (C=N–C) groups is 1. The van der Waals surface area contributed by atoms with E-state index in [0.29, 0.717) is 79.3 Å². The first-order chi connectivity index (χ1) is 38.5. The van der Waals surface area contributed by atoms with Crippen LogP contribution >= 0.6 is 0 Å². The molecule has 4 aliphatic heterocycles. The van der Waals surface area contributed by atoms with E-state index in [0.717, 1.165) is 23.3 Å². The molecule has 0 aromatic heterocycles. The largest absolute Gasteiger partial charge is 0.497 e. The van der Waals surface area contributed by atoms with Crippen molar-refractivity contribution in [1.82, 2.24) is 36.4 Å². The number of ether oxygens (including phenoxy) is 5. The van der Waals surface area contributed by atoms with Gasteiger partial charge in [0.1, 0.15) is 24.0 Å². The first kappa shape index (κ1) is 59.5. The van der Waals surface area contributed by atoms with Crippen molar-refractivity contribution >= 4 is 64.5 Å². The second-order valence-electron chi connectivity index (χ2n) is 20.3. The summed E-state index contributed by atoms with van der Waals surface area (Å²) in [5, 5.41) is 14.3. The molecule has 2 fully saturated rings. The third-order valence-electron chi connectivity index (χ3n) is 14.3. The highest BCUT2D eigenvalue weighted by molar-refractivity contribution is 6.06. The van der Waals surface area contributed by atoms with Gasteiger partial charge in [-0.2, -0.15) is 0 Å². The zero-order valence-corrected chi connectivity index (χ0v) is 46.8. The van der Waals surface area contributed by atoms with Crippen LogP contribution in [0.2, 0.25) is 0 Å². The number of anilines is 1. The molecule has 4 aliphatic rings. The van der Waals surface area contributed by atoms with Crippen molar-refractivity contribution < 1.29 is 57.2 Å². The number of imide groups is 1. The lowest BCUT2D eigenvalue weighted by molar-refractivity contribution is -0.139. The Bertz CT molecular complexity index is 2870. The fraction of sp³-hybridized carbons (Fsp3) is 0.458. The van der Waals surface area contributed by atoms with E-state index in [1.807, 2.05) is 42.3 Å². The van der Waals surface area contributed by atoms with Gasteiger partial charge in [-0.1, -0.05) is 52.0 Å². The van der Waals surface area contributed by atoms with Crippen LogP contribution in [-0.4, -0.2) is 141 Å². The van der Waals surface area contributed by atoms with E-state index in [2.05, 4.69) is 39.7 Å². The fourth-order valence-electron chi connectivity index (χ4n) is 9.92. The van der Waals surface area contributed by atoms with Crippen LogP contribution in [0, 0.1) is 5.92 Å². The standard InChI is InChI=1S/C59H75N9O12/c1-10-17-45-54(65-55(71)36(6)63-57(73)53(35(4)5)64-51(69)18-14-13-15-24-66-52(70)31-44(59(66)75)61-23-11-2)68(45)46-32-50(48(78-9)29-42(46)56(72)60-12-3)80-26-16-25-79-49-30-43-41(28-47(49)77-8)58(74)67-34-38(27-39(67)33-62-43)37-19-21-40(76-7)22-20-37/h10,12,19-22,28-30,32-36,39,44-45,53-54,61H,1,3,11,13-18,23-27,31H2,2,4-9H3,(H,60,72)(H,63,73)(H,64,69)(H,65,71)/t36-,39?,44?,45+,53-,54?,68?/m0/s1. The molecule has 80 heavy (non-hydrogen) atoms. The van der Waals surface area contributed by atoms with Crippen molar-refractivity contribution in [2.75, 3.05) is 52.5 Å². The number of benzene rings is 3. The van der Waals surface area contributed by atoms with E-state index >= 15 is 0 Å². The summed E-state index contributed by atoms with van der Waals surface area (Å²) in [6.07, 6.45) is 10.2. The third-order valence-corrected chi connectivity index (χ3v) is 14.3. The normalized spacial score (nSPS) is 18.8. The van der Waals surface area contributed by atoms with Gasteiger partial charge >= 0.3 is 0 Å². The lowest BCUT2D eigenvalue weighted by atomic mass is 10.0. The Hall–Kier alpha value is -8.20. The Kier molecular flexibility index (Phi) is 20.5. The molecule has 6 atom stereocenters. The molecule has 3 aromatic carbocycles. The lowest BCUT2D eigenvalue weighted by Crippen LogP contribution is -2.55. The van der Waals surface area contributed by atoms with Crippen molar-refractivity contribution in [3.63, 3.8) is 0 Å². The molecule has 0 bridgehead atoms. The molecule has 0 radical (unpaired) electrons. The van der Waals surface area contributed by atoms with Gasteiger partial charge in [-0.05, 0) is 86.7 Å². The van der Waals surface area contributed by atoms with E-state index in [-0.39, 0.29) is 85.5 Å². The van der Waals surface area contributed by atoms with E-state index in [1.165, 1.54) is 25.3 Å². The number of carbonyl (C=O) groups is 7. The number of fused-ring (bicyclic) bond motifs is 2. The van der Waals surface area contributed by atoms with Crippen molar-refractivity contribution in [3.05, 3.63) is 96.9 Å². The maximum atomic E-state index is 13.9. The summed E-state index contributed by atoms with van der Waals surface area (Å²) < 4.78 is 29.1. The zero-order chi connectivity index (χ0) is 57.6. The minimum atomic E-state index is -1.02. The maximum absolute atomic E-state index is 13.9. The molecule has 7 amide bonds. The monoisotopic (exact) mass is 1100 g/mol. The molecule has 0 spiro atoms. The number of nitrogens with zero attached hydrogens (tertiary/aromatic N) is 4. The highest BCUT2D eigenvalue weighted by Gasteiger charge is 2.50. The summed E-state index contributed by atoms with van der Waals surface area (Å²) in [5.74, 6) is -0.676. The Balaban J connectivity index is 0.935. The summed E-state index contributed by atoms with van der Waals surface area (Å²) in [6.45, 7) is 16.0. The van der Waals surface area contributed by atoms with E-state index in [9.17, 15) is 33.6 Å². The van der Waals surface area contributed by atoms with Crippen molar-refractivity contribution in [1.29, 1.82) is 0 Å². The molecule has 428 valence electrons. The smallest absolute Gasteiger partial charge is 0.260 e. The topological polar surface area (TPSA) is 248 Å². The van der Waals surface area contributed by atoms with Gasteiger partial charge in [-0.15, -0.1) is 6.58 Å². The van der Waals surface area contributed by atoms with E-state index in [4.69, 9.17) is 28.7 Å². The second kappa shape index (κ2) is 27.6. The number of rotatable bonds is 30. The molecule has 2 saturated heterocycles. The first-order valence-electron chi connectivity index (χ1n) is 27.3. The molecule has 7 rings (SSSR count). The molecule has 3 aromatic rings. The summed E-state index contributed by atoms with van der Waals surface area (Å²) in [5.41, 5.74) is 3.48. The van der Waals surface area contributed by atoms with Crippen LogP contribution in [-0.2, 0) is 24.0 Å². The Morgan fingerprint density at radius 3 is 2.20 bits per heavy atom. The lowest BCUT2D eigenvalue weighted by Gasteiger charge is -2.24. The van der Waals surface area contributed by atoms with Gasteiger partial charge in [-0.25, -0.2) is 0 Å². The summed E-state index contributed by atoms with van der Waals surface area (Å²) in [6, 6.07) is 11.2. The second-order valence-corrected chi connectivity index (χ2v) is 20.3. The maximum Gasteiger partial charge on any atom is 0.260 e. The van der Waals surface area contributed by atoms with Gasteiger partial charge in [-0.3, -0.25) is 43.5 Å². The van der Waals surface area contributed by atoms with Crippen LogP contribution in [0.3, 0.4) is 0 Å². The van der Waals surface area contributed by atoms with Crippen molar-refractivity contribution in [2.45, 2.75) is 122 Å². The van der Waals surface area contributed by atoms with Crippen LogP contribution < -0.4 is 55.2 Å². The number of likely N-dealkylation sites (tertiary alicyclic amines) is 1. The Morgan fingerprint density at radius 1 is 0.825 bits per heavy atom. The molecular formula is C59H75N9O12. The number of hydrogen-bond acceptors (Lipinski definition) is 15. The molecule has 4 heterocycles. The fourth-order valence-corrected chi connectivity index (χ4v) is 9.92. The third kappa shape index (κ3) is 14.2. The van der Waals surface area contributed by atoms with E-state index in [1.54, 1.807) is 69.3 Å². The van der Waals surface area contributed by atoms with Gasteiger partial charge in [0.05, 0.1) is 81.6 Å². The van der Waals surface area contributed by atoms with E-state index < -0.39 is 42.0 Å². The van der Waals surface area contributed by atoms with Crippen LogP contribution in [0.1, 0.15) is 112 Å². The molecule has 21 nitrogen and oxygen atoms in total. The molecular weight excluding hydrogens is 1030 g/mol. The highest BCUT2D eigenvalue weighted by atomic mass is 16.5. The van der Waals surface area contributed by atoms with Gasteiger partial charge in [0.15, 0.2) is 23.0 Å². The number of amides is 7. The van der Waals surface area contributed by atoms with Gasteiger partial charge in [0, 0.05) is 50.4 Å². The van der Waals surface area contributed by atoms with Gasteiger partial charge in [0.25, 0.3) is 11.8 Å². The number of unbranched alkanes of at least 4 members (excludes halogenated alkanes) is 2. The SMILES string of the molecule is C=CC[C@@H]1C(NC(=O)[C@H](C)NC(=O)[C@@H](NC(=O)CCCCCN2C(=O)CC(NCCC)C2=O)C(C)C)N1c1cc(OCCCOc2cc3c(cc2OC)C(=O)N2C=C(c4ccc(OC)cc4)CC2C=N3)c(OC)cc1C(=O)NC=C. The Morgan fingerprint density at radius 2 is 1.54 bits per heavy atom. The molecule has 21 heteroatoms. The minimum Gasteiger partial charge on any atom is -0.497 e. The summed E-state index contributed by atoms with van der Waals surface area (Å²) >= 11 is 0. The molecule has 3 unspecified atom stereocenters. The summed E-state index contributed by atoms with van der Waals surface area (Å²) in [7, 11) is 4.58. The Labute approximate surface area is 467 Å². The number of methoxy groups -OCH3 is 3. The van der Waals surface area contributed by atoms with Crippen LogP contribution in [0.15, 0.2) is 85.2 Å². The number of carbonyl (C=O) groups excluding carboxylic acids is 7. The molecule has 0 saturated carbocycles. The number of hydrogen-bond donors (Lipinski definition) is 5. The van der Waals surface area contributed by atoms with Crippen LogP contribution in [0.4, 0.5) is 11.4 Å². The van der Waals surface area contributed by atoms with Crippen molar-refractivity contribution in [2.24, 2.45) is 10.9 Å². The first-order valence-corrected chi connectivity index (χ1v) is 27.3. The average molecular weight is 1100 g/mol. The predicted molar refractivity (Wildman–Crippen MR) is 302 cm³/mol. The predicted octanol–water partition coefficient (Wildman–Crippen LogP) is 5.95. The van der Waals surface area contributed by atoms with Crippen molar-refractivity contribution in [3.8, 4) is 28.7 Å². The van der Waals surface area contributed by atoms with Crippen LogP contribution in [0.5, 0.6) is 28.7 Å². The highest BCUT2D eigenvalue weighted by Crippen LogP contribution is 2.44. The minimum absolute atomic E-state index is 0.135. The molecule has 0 aliphatic carbocycles. The van der Waals surface area contributed by atoms with Gasteiger partial charge in [0.2, 0.25) is 29.5 Å². The summed E-state index contributed by atoms with van der Waals surface area (Å²) in [4.78, 5) is 103. The van der Waals surface area contributed by atoms with Gasteiger partial charge < -0.3 is 60.1 Å². The number of nitrogens with one attached hydrogen (secondary N) is 5. The zero-order valence-electron chi connectivity index (χ0n) is 46.8.